The molecule has 3 N–H and O–H groups in total. The van der Waals surface area contributed by atoms with Crippen LogP contribution >= 0.6 is 0 Å². The number of aryl methyl sites for hydroxylation is 1. The molecule has 1 aliphatic rings. The van der Waals surface area contributed by atoms with Gasteiger partial charge in [0.1, 0.15) is 6.04 Å². The summed E-state index contributed by atoms with van der Waals surface area (Å²) in [5.41, 5.74) is 7.95. The van der Waals surface area contributed by atoms with Gasteiger partial charge in [-0.05, 0) is 36.5 Å². The van der Waals surface area contributed by atoms with Crippen LogP contribution in [-0.2, 0) is 32.0 Å². The lowest BCUT2D eigenvalue weighted by Gasteiger charge is -2.24. The molecular weight excluding hydrogens is 352 g/mol. The van der Waals surface area contributed by atoms with Gasteiger partial charge in [-0.25, -0.2) is 0 Å². The summed E-state index contributed by atoms with van der Waals surface area (Å²) in [5, 5.41) is 8.72. The van der Waals surface area contributed by atoms with E-state index >= 15 is 0 Å². The van der Waals surface area contributed by atoms with Crippen LogP contribution in [0, 0.1) is 0 Å². The number of methoxy groups -OCH3 is 1. The van der Waals surface area contributed by atoms with Crippen LogP contribution in [0.3, 0.4) is 0 Å². The van der Waals surface area contributed by atoms with E-state index in [1.807, 2.05) is 12.1 Å². The first-order valence-electron chi connectivity index (χ1n) is 8.96. The minimum absolute atomic E-state index is 0.00965. The molecule has 0 saturated carbocycles. The Balaban J connectivity index is 2.09. The first-order chi connectivity index (χ1) is 13.0. The van der Waals surface area contributed by atoms with Gasteiger partial charge in [0.05, 0.1) is 20.3 Å². The second-order valence-electron chi connectivity index (χ2n) is 6.35. The third-order valence-electron chi connectivity index (χ3n) is 4.62. The number of ether oxygens (including phenoxy) is 2. The fraction of sp³-hybridized carbons (Fsp3) is 0.526. The quantitative estimate of drug-likeness (QED) is 0.425. The van der Waals surface area contributed by atoms with Gasteiger partial charge >= 0.3 is 5.97 Å². The lowest BCUT2D eigenvalue weighted by molar-refractivity contribution is -0.141. The maximum atomic E-state index is 12.8. The standard InChI is InChI=1S/C19H26N2O6/c1-26-17(23)8-7-16(18(20)24)21-12-15-13(5-3-10-27-11-9-22)4-2-6-14(15)19(21)25/h2,4,6,16,22H,3,5,7-12H2,1H3,(H2,20,24). The monoisotopic (exact) mass is 378 g/mol. The number of aliphatic hydroxyl groups excluding tert-OH is 1. The molecule has 0 aromatic heterocycles. The van der Waals surface area contributed by atoms with Crippen LogP contribution in [0.25, 0.3) is 0 Å². The fourth-order valence-electron chi connectivity index (χ4n) is 3.24. The minimum atomic E-state index is -0.857. The Bertz CT molecular complexity index is 691. The number of hydrogen-bond acceptors (Lipinski definition) is 6. The molecule has 0 spiro atoms. The van der Waals surface area contributed by atoms with E-state index in [1.165, 1.54) is 12.0 Å². The van der Waals surface area contributed by atoms with Crippen LogP contribution in [-0.4, -0.2) is 60.8 Å². The van der Waals surface area contributed by atoms with Crippen molar-refractivity contribution in [2.75, 3.05) is 26.9 Å². The van der Waals surface area contributed by atoms with Gasteiger partial charge in [0.15, 0.2) is 0 Å². The van der Waals surface area contributed by atoms with E-state index in [0.29, 0.717) is 18.8 Å². The molecule has 1 unspecified atom stereocenters. The van der Waals surface area contributed by atoms with Crippen LogP contribution in [0.15, 0.2) is 18.2 Å². The number of nitrogens with two attached hydrogens (primary N) is 1. The third-order valence-corrected chi connectivity index (χ3v) is 4.62. The molecule has 2 rings (SSSR count). The molecule has 1 aromatic carbocycles. The highest BCUT2D eigenvalue weighted by Gasteiger charge is 2.36. The molecule has 0 aliphatic carbocycles. The van der Waals surface area contributed by atoms with Crippen LogP contribution in [0.2, 0.25) is 0 Å². The predicted octanol–water partition coefficient (Wildman–Crippen LogP) is 0.391. The summed E-state index contributed by atoms with van der Waals surface area (Å²) in [6.07, 6.45) is 1.62. The van der Waals surface area contributed by atoms with Gasteiger partial charge in [-0.15, -0.1) is 0 Å². The molecule has 148 valence electrons. The van der Waals surface area contributed by atoms with Crippen molar-refractivity contribution in [2.24, 2.45) is 5.73 Å². The zero-order valence-corrected chi connectivity index (χ0v) is 15.5. The fourth-order valence-corrected chi connectivity index (χ4v) is 3.24. The molecule has 2 amide bonds. The average Bonchev–Trinajstić information content (AvgIpc) is 2.99. The van der Waals surface area contributed by atoms with Crippen molar-refractivity contribution >= 4 is 17.8 Å². The molecule has 1 aromatic rings. The summed E-state index contributed by atoms with van der Waals surface area (Å²) >= 11 is 0. The first kappa shape index (κ1) is 20.9. The number of amides is 2. The number of aliphatic hydroxyl groups is 1. The first-order valence-corrected chi connectivity index (χ1v) is 8.96. The van der Waals surface area contributed by atoms with E-state index in [4.69, 9.17) is 15.6 Å². The smallest absolute Gasteiger partial charge is 0.305 e. The molecule has 0 radical (unpaired) electrons. The second kappa shape index (κ2) is 10.0. The molecule has 27 heavy (non-hydrogen) atoms. The van der Waals surface area contributed by atoms with E-state index < -0.39 is 17.9 Å². The van der Waals surface area contributed by atoms with E-state index in [9.17, 15) is 14.4 Å². The van der Waals surface area contributed by atoms with Crippen LogP contribution in [0.1, 0.15) is 40.7 Å². The molecule has 1 aliphatic heterocycles. The number of benzene rings is 1. The topological polar surface area (TPSA) is 119 Å². The highest BCUT2D eigenvalue weighted by Crippen LogP contribution is 2.29. The van der Waals surface area contributed by atoms with Crippen molar-refractivity contribution in [3.63, 3.8) is 0 Å². The maximum absolute atomic E-state index is 12.8. The average molecular weight is 378 g/mol. The lowest BCUT2D eigenvalue weighted by atomic mass is 10.00. The van der Waals surface area contributed by atoms with Gasteiger partial charge in [-0.3, -0.25) is 14.4 Å². The van der Waals surface area contributed by atoms with Gasteiger partial charge in [0.2, 0.25) is 5.91 Å². The highest BCUT2D eigenvalue weighted by molar-refractivity contribution is 6.01. The minimum Gasteiger partial charge on any atom is -0.469 e. The molecule has 0 fully saturated rings. The second-order valence-corrected chi connectivity index (χ2v) is 6.35. The Kier molecular flexibility index (Phi) is 7.75. The van der Waals surface area contributed by atoms with Gasteiger partial charge in [0.25, 0.3) is 5.91 Å². The van der Waals surface area contributed by atoms with Gasteiger partial charge in [0, 0.05) is 25.1 Å². The molecule has 1 heterocycles. The van der Waals surface area contributed by atoms with E-state index in [2.05, 4.69) is 4.74 Å². The Hall–Kier alpha value is -2.45. The van der Waals surface area contributed by atoms with Crippen LogP contribution in [0.4, 0.5) is 0 Å². The molecule has 0 saturated heterocycles. The molecule has 0 bridgehead atoms. The lowest BCUT2D eigenvalue weighted by Crippen LogP contribution is -2.45. The summed E-state index contributed by atoms with van der Waals surface area (Å²) in [6.45, 7) is 1.10. The molecule has 8 heteroatoms. The van der Waals surface area contributed by atoms with Gasteiger partial charge in [-0.1, -0.05) is 12.1 Å². The molecule has 1 atom stereocenters. The largest absolute Gasteiger partial charge is 0.469 e. The predicted molar refractivity (Wildman–Crippen MR) is 96.8 cm³/mol. The van der Waals surface area contributed by atoms with E-state index in [1.54, 1.807) is 6.07 Å². The van der Waals surface area contributed by atoms with Crippen molar-refractivity contribution in [3.8, 4) is 0 Å². The van der Waals surface area contributed by atoms with Gasteiger partial charge in [-0.2, -0.15) is 0 Å². The number of carbonyl (C=O) groups excluding carboxylic acids is 3. The Morgan fingerprint density at radius 3 is 2.78 bits per heavy atom. The zero-order chi connectivity index (χ0) is 19.8. The Labute approximate surface area is 158 Å². The zero-order valence-electron chi connectivity index (χ0n) is 15.5. The molecule has 8 nitrogen and oxygen atoms in total. The maximum Gasteiger partial charge on any atom is 0.305 e. The summed E-state index contributed by atoms with van der Waals surface area (Å²) < 4.78 is 9.87. The van der Waals surface area contributed by atoms with Crippen molar-refractivity contribution in [1.29, 1.82) is 0 Å². The summed E-state index contributed by atoms with van der Waals surface area (Å²) in [7, 11) is 1.27. The Morgan fingerprint density at radius 2 is 2.11 bits per heavy atom. The SMILES string of the molecule is COC(=O)CCC(C(N)=O)N1Cc2c(CCCOCCO)cccc2C1=O. The number of carbonyl (C=O) groups is 3. The van der Waals surface area contributed by atoms with Crippen molar-refractivity contribution < 1.29 is 29.0 Å². The van der Waals surface area contributed by atoms with Crippen molar-refractivity contribution in [2.45, 2.75) is 38.3 Å². The van der Waals surface area contributed by atoms with Gasteiger partial charge < -0.3 is 25.2 Å². The number of hydrogen-bond donors (Lipinski definition) is 2. The number of primary amides is 1. The number of esters is 1. The van der Waals surface area contributed by atoms with Crippen LogP contribution in [0.5, 0.6) is 0 Å². The summed E-state index contributed by atoms with van der Waals surface area (Å²) in [6, 6.07) is 4.65. The third kappa shape index (κ3) is 5.27. The summed E-state index contributed by atoms with van der Waals surface area (Å²) in [5.74, 6) is -1.34. The van der Waals surface area contributed by atoms with Crippen molar-refractivity contribution in [1.82, 2.24) is 4.90 Å². The molecular formula is C19H26N2O6. The van der Waals surface area contributed by atoms with E-state index in [0.717, 1.165) is 24.0 Å². The normalized spacial score (nSPS) is 14.1. The highest BCUT2D eigenvalue weighted by atomic mass is 16.5. The summed E-state index contributed by atoms with van der Waals surface area (Å²) in [4.78, 5) is 37.5. The van der Waals surface area contributed by atoms with Crippen LogP contribution < -0.4 is 5.73 Å². The number of rotatable bonds is 11. The number of nitrogens with zero attached hydrogens (tertiary/aromatic N) is 1. The van der Waals surface area contributed by atoms with Crippen molar-refractivity contribution in [3.05, 3.63) is 34.9 Å². The Morgan fingerprint density at radius 1 is 1.33 bits per heavy atom. The number of fused-ring (bicyclic) bond motifs is 1. The van der Waals surface area contributed by atoms with E-state index in [-0.39, 0.29) is 31.9 Å².